The van der Waals surface area contributed by atoms with Crippen molar-refractivity contribution in [1.29, 1.82) is 0 Å². The Hall–Kier alpha value is -2.48. The van der Waals surface area contributed by atoms with Gasteiger partial charge in [0.1, 0.15) is 0 Å². The molecular weight excluding hydrogens is 411 g/mol. The van der Waals surface area contributed by atoms with E-state index in [4.69, 9.17) is 22.1 Å². The van der Waals surface area contributed by atoms with Gasteiger partial charge < -0.3 is 20.7 Å². The molecular formula is C20H24Cl2N6O. The minimum atomic E-state index is -0.449. The highest BCUT2D eigenvalue weighted by molar-refractivity contribution is 6.30. The zero-order valence-electron chi connectivity index (χ0n) is 16.1. The highest BCUT2D eigenvalue weighted by atomic mass is 35.5. The summed E-state index contributed by atoms with van der Waals surface area (Å²) in [6.45, 7) is 4.88. The fraction of sp³-hybridized carbons (Fsp3) is 0.300. The largest absolute Gasteiger partial charge is 0.378 e. The van der Waals surface area contributed by atoms with E-state index in [1.807, 2.05) is 36.4 Å². The molecule has 0 amide bonds. The second-order valence-electron chi connectivity index (χ2n) is 6.74. The summed E-state index contributed by atoms with van der Waals surface area (Å²) in [4.78, 5) is 13.4. The summed E-state index contributed by atoms with van der Waals surface area (Å²) in [6.07, 6.45) is -0.449. The number of nitrogens with two attached hydrogens (primary N) is 1. The molecule has 0 bridgehead atoms. The van der Waals surface area contributed by atoms with Crippen molar-refractivity contribution in [2.75, 3.05) is 36.5 Å². The van der Waals surface area contributed by atoms with Crippen LogP contribution >= 0.6 is 24.0 Å². The van der Waals surface area contributed by atoms with Crippen molar-refractivity contribution in [1.82, 2.24) is 4.90 Å². The molecule has 2 heterocycles. The molecule has 0 aromatic heterocycles. The van der Waals surface area contributed by atoms with E-state index < -0.39 is 6.29 Å². The minimum Gasteiger partial charge on any atom is -0.378 e. The summed E-state index contributed by atoms with van der Waals surface area (Å²) in [6, 6.07) is 15.8. The zero-order chi connectivity index (χ0) is 19.5. The van der Waals surface area contributed by atoms with Crippen molar-refractivity contribution < 1.29 is 4.74 Å². The van der Waals surface area contributed by atoms with Crippen molar-refractivity contribution in [3.63, 3.8) is 0 Å². The van der Waals surface area contributed by atoms with Gasteiger partial charge in [0.15, 0.2) is 0 Å². The van der Waals surface area contributed by atoms with E-state index in [1.54, 1.807) is 0 Å². The predicted octanol–water partition coefficient (Wildman–Crippen LogP) is 3.29. The normalized spacial score (nSPS) is 19.2. The molecule has 2 aliphatic rings. The minimum absolute atomic E-state index is 0. The van der Waals surface area contributed by atoms with Crippen molar-refractivity contribution >= 4 is 47.3 Å². The average Bonchev–Trinajstić information content (AvgIpc) is 2.68. The Bertz CT molecular complexity index is 913. The summed E-state index contributed by atoms with van der Waals surface area (Å²) in [5.74, 6) is 1.01. The van der Waals surface area contributed by atoms with Gasteiger partial charge >= 0.3 is 0 Å². The number of rotatable bonds is 3. The number of halogens is 2. The van der Waals surface area contributed by atoms with Crippen molar-refractivity contribution in [3.05, 3.63) is 59.1 Å². The second kappa shape index (κ2) is 9.35. The standard InChI is InChI=1S/C20H23ClN6O.ClH/c1-14-4-2-7-17(12-14)27-19(23-16-6-3-5-15(21)13-16)24-18(22)25-20(27)26-8-10-28-11-9-26;/h2-7,12-13,19,23H,8-11H2,1H3,(H2,22,24);1H. The van der Waals surface area contributed by atoms with Crippen LogP contribution in [0.4, 0.5) is 11.4 Å². The summed E-state index contributed by atoms with van der Waals surface area (Å²) < 4.78 is 5.51. The molecule has 2 aromatic carbocycles. The molecule has 2 aromatic rings. The fourth-order valence-electron chi connectivity index (χ4n) is 3.32. The number of aliphatic imine (C=N–C) groups is 2. The van der Waals surface area contributed by atoms with Gasteiger partial charge in [0.05, 0.1) is 13.2 Å². The maximum absolute atomic E-state index is 6.16. The molecule has 3 N–H and O–H groups in total. The lowest BCUT2D eigenvalue weighted by atomic mass is 10.2. The van der Waals surface area contributed by atoms with E-state index in [0.29, 0.717) is 18.2 Å². The monoisotopic (exact) mass is 434 g/mol. The first-order valence-corrected chi connectivity index (χ1v) is 9.60. The van der Waals surface area contributed by atoms with E-state index in [1.165, 1.54) is 0 Å². The van der Waals surface area contributed by atoms with Crippen molar-refractivity contribution in [2.45, 2.75) is 13.2 Å². The number of nitrogens with one attached hydrogen (secondary N) is 1. The summed E-state index contributed by atoms with van der Waals surface area (Å²) in [5.41, 5.74) is 9.09. The smallest absolute Gasteiger partial charge is 0.222 e. The van der Waals surface area contributed by atoms with Gasteiger partial charge in [0.25, 0.3) is 0 Å². The molecule has 0 radical (unpaired) electrons. The van der Waals surface area contributed by atoms with Crippen LogP contribution in [0, 0.1) is 6.92 Å². The summed E-state index contributed by atoms with van der Waals surface area (Å²) in [5, 5.41) is 4.08. The predicted molar refractivity (Wildman–Crippen MR) is 121 cm³/mol. The first-order chi connectivity index (χ1) is 13.6. The van der Waals surface area contributed by atoms with E-state index >= 15 is 0 Å². The van der Waals surface area contributed by atoms with E-state index in [0.717, 1.165) is 36.0 Å². The average molecular weight is 435 g/mol. The molecule has 2 aliphatic heterocycles. The molecule has 1 saturated heterocycles. The number of ether oxygens (including phenoxy) is 1. The number of guanidine groups is 2. The molecule has 1 unspecified atom stereocenters. The Morgan fingerprint density at radius 3 is 2.62 bits per heavy atom. The fourth-order valence-corrected chi connectivity index (χ4v) is 3.51. The Labute approximate surface area is 181 Å². The topological polar surface area (TPSA) is 78.5 Å². The number of nitrogens with zero attached hydrogens (tertiary/aromatic N) is 4. The maximum atomic E-state index is 6.16. The third-order valence-electron chi connectivity index (χ3n) is 4.62. The van der Waals surface area contributed by atoms with Crippen LogP contribution in [-0.4, -0.2) is 49.4 Å². The maximum Gasteiger partial charge on any atom is 0.222 e. The third-order valence-corrected chi connectivity index (χ3v) is 4.86. The molecule has 1 atom stereocenters. The van der Waals surface area contributed by atoms with Gasteiger partial charge in [-0.25, -0.2) is 4.99 Å². The lowest BCUT2D eigenvalue weighted by Crippen LogP contribution is -2.57. The van der Waals surface area contributed by atoms with Crippen LogP contribution < -0.4 is 16.0 Å². The number of hydrogen-bond acceptors (Lipinski definition) is 7. The molecule has 0 saturated carbocycles. The van der Waals surface area contributed by atoms with Crippen LogP contribution in [-0.2, 0) is 4.74 Å². The zero-order valence-corrected chi connectivity index (χ0v) is 17.7. The van der Waals surface area contributed by atoms with Crippen LogP contribution in [0.3, 0.4) is 0 Å². The van der Waals surface area contributed by atoms with Crippen LogP contribution in [0.5, 0.6) is 0 Å². The molecule has 4 rings (SSSR count). The van der Waals surface area contributed by atoms with Gasteiger partial charge in [-0.1, -0.05) is 29.8 Å². The van der Waals surface area contributed by atoms with Gasteiger partial charge in [0.2, 0.25) is 18.2 Å². The van der Waals surface area contributed by atoms with Crippen molar-refractivity contribution in [3.8, 4) is 0 Å². The van der Waals surface area contributed by atoms with Gasteiger partial charge in [-0.15, -0.1) is 12.4 Å². The summed E-state index contributed by atoms with van der Waals surface area (Å²) >= 11 is 6.16. The second-order valence-corrected chi connectivity index (χ2v) is 7.17. The van der Waals surface area contributed by atoms with Crippen LogP contribution in [0.1, 0.15) is 5.56 Å². The number of benzene rings is 2. The van der Waals surface area contributed by atoms with E-state index in [2.05, 4.69) is 44.2 Å². The lowest BCUT2D eigenvalue weighted by molar-refractivity contribution is 0.0671. The van der Waals surface area contributed by atoms with E-state index in [-0.39, 0.29) is 18.4 Å². The van der Waals surface area contributed by atoms with Gasteiger partial charge in [-0.05, 0) is 42.8 Å². The molecule has 7 nitrogen and oxygen atoms in total. The molecule has 154 valence electrons. The molecule has 9 heteroatoms. The first-order valence-electron chi connectivity index (χ1n) is 9.23. The van der Waals surface area contributed by atoms with E-state index in [9.17, 15) is 0 Å². The number of hydrogen-bond donors (Lipinski definition) is 2. The SMILES string of the molecule is Cc1cccc(N2C(N3CCOCC3)=NC(N)=NC2Nc2cccc(Cl)c2)c1.Cl. The third kappa shape index (κ3) is 4.93. The molecule has 0 spiro atoms. The first kappa shape index (κ1) is 21.2. The van der Waals surface area contributed by atoms with Gasteiger partial charge in [-0.3, -0.25) is 4.90 Å². The van der Waals surface area contributed by atoms with Crippen molar-refractivity contribution in [2.24, 2.45) is 15.7 Å². The van der Waals surface area contributed by atoms with Crippen LogP contribution in [0.2, 0.25) is 5.02 Å². The Kier molecular flexibility index (Phi) is 6.84. The Morgan fingerprint density at radius 2 is 1.90 bits per heavy atom. The van der Waals surface area contributed by atoms with Gasteiger partial charge in [-0.2, -0.15) is 4.99 Å². The quantitative estimate of drug-likeness (QED) is 0.774. The highest BCUT2D eigenvalue weighted by Gasteiger charge is 2.32. The molecule has 0 aliphatic carbocycles. The number of morpholine rings is 1. The highest BCUT2D eigenvalue weighted by Crippen LogP contribution is 2.26. The number of aryl methyl sites for hydroxylation is 1. The Balaban J connectivity index is 0.00000240. The number of anilines is 2. The van der Waals surface area contributed by atoms with Crippen LogP contribution in [0.15, 0.2) is 58.5 Å². The van der Waals surface area contributed by atoms with Crippen LogP contribution in [0.25, 0.3) is 0 Å². The molecule has 1 fully saturated rings. The molecule has 29 heavy (non-hydrogen) atoms. The van der Waals surface area contributed by atoms with Gasteiger partial charge in [0, 0.05) is 29.5 Å². The Morgan fingerprint density at radius 1 is 1.14 bits per heavy atom. The summed E-state index contributed by atoms with van der Waals surface area (Å²) in [7, 11) is 0. The lowest BCUT2D eigenvalue weighted by Gasteiger charge is -2.41.